The minimum Gasteiger partial charge on any atom is -0.497 e. The quantitative estimate of drug-likeness (QED) is 0.602. The van der Waals surface area contributed by atoms with Crippen LogP contribution in [0.3, 0.4) is 0 Å². The third-order valence-corrected chi connectivity index (χ3v) is 3.24. The maximum absolute atomic E-state index is 11.4. The number of carbonyl (C=O) groups is 1. The summed E-state index contributed by atoms with van der Waals surface area (Å²) in [6.45, 7) is 0. The number of hydrogen-bond acceptors (Lipinski definition) is 4. The molecule has 4 nitrogen and oxygen atoms in total. The van der Waals surface area contributed by atoms with Crippen LogP contribution in [-0.4, -0.2) is 25.9 Å². The van der Waals surface area contributed by atoms with Crippen LogP contribution in [0.4, 0.5) is 5.69 Å². The Kier molecular flexibility index (Phi) is 5.72. The van der Waals surface area contributed by atoms with E-state index in [1.165, 1.54) is 7.11 Å². The zero-order valence-electron chi connectivity index (χ0n) is 12.8. The Balaban J connectivity index is 2.25. The van der Waals surface area contributed by atoms with Crippen LogP contribution in [0.15, 0.2) is 59.6 Å². The molecule has 22 heavy (non-hydrogen) atoms. The van der Waals surface area contributed by atoms with Gasteiger partial charge in [0.05, 0.1) is 26.3 Å². The summed E-state index contributed by atoms with van der Waals surface area (Å²) in [6.07, 6.45) is 0.836. The van der Waals surface area contributed by atoms with Gasteiger partial charge in [0.2, 0.25) is 0 Å². The minimum absolute atomic E-state index is 0.238. The van der Waals surface area contributed by atoms with E-state index in [9.17, 15) is 4.79 Å². The Hall–Kier alpha value is -2.62. The molecule has 0 saturated heterocycles. The molecule has 0 heterocycles. The molecule has 0 saturated carbocycles. The summed E-state index contributed by atoms with van der Waals surface area (Å²) in [7, 11) is 3.02. The molecule has 0 aliphatic carbocycles. The van der Waals surface area contributed by atoms with Crippen LogP contribution >= 0.6 is 0 Å². The highest BCUT2D eigenvalue weighted by Gasteiger charge is 2.08. The van der Waals surface area contributed by atoms with Gasteiger partial charge in [0, 0.05) is 12.1 Å². The molecule has 0 spiro atoms. The molecular formula is C18H19NO3. The molecule has 0 aliphatic rings. The Morgan fingerprint density at radius 3 is 2.23 bits per heavy atom. The first-order chi connectivity index (χ1) is 10.7. The standard InChI is InChI=1S/C18H19NO3/c1-21-16-10-8-15(9-11-16)19-17(12-13-18(20)22-2)14-6-4-3-5-7-14/h3-11H,12-13H2,1-2H3. The SMILES string of the molecule is COC(=O)CCC(=Nc1ccc(OC)cc1)c1ccccc1. The van der Waals surface area contributed by atoms with Crippen LogP contribution in [0, 0.1) is 0 Å². The molecule has 4 heteroatoms. The average Bonchev–Trinajstić information content (AvgIpc) is 2.59. The molecule has 114 valence electrons. The number of carbonyl (C=O) groups excluding carboxylic acids is 1. The van der Waals surface area contributed by atoms with Gasteiger partial charge in [-0.25, -0.2) is 0 Å². The van der Waals surface area contributed by atoms with Crippen molar-refractivity contribution in [1.29, 1.82) is 0 Å². The van der Waals surface area contributed by atoms with Gasteiger partial charge in [0.25, 0.3) is 0 Å². The molecule has 0 fully saturated rings. The molecule has 0 unspecified atom stereocenters. The number of methoxy groups -OCH3 is 2. The molecule has 0 atom stereocenters. The second kappa shape index (κ2) is 7.98. The number of hydrogen-bond donors (Lipinski definition) is 0. The number of rotatable bonds is 6. The normalized spacial score (nSPS) is 11.1. The predicted molar refractivity (Wildman–Crippen MR) is 86.9 cm³/mol. The van der Waals surface area contributed by atoms with Crippen molar-refractivity contribution in [2.75, 3.05) is 14.2 Å². The van der Waals surface area contributed by atoms with E-state index in [1.54, 1.807) is 7.11 Å². The molecular weight excluding hydrogens is 278 g/mol. The highest BCUT2D eigenvalue weighted by molar-refractivity contribution is 6.03. The van der Waals surface area contributed by atoms with Crippen LogP contribution in [0.1, 0.15) is 18.4 Å². The molecule has 0 N–H and O–H groups in total. The fourth-order valence-corrected chi connectivity index (χ4v) is 2.03. The van der Waals surface area contributed by atoms with E-state index >= 15 is 0 Å². The Morgan fingerprint density at radius 2 is 1.64 bits per heavy atom. The summed E-state index contributed by atoms with van der Waals surface area (Å²) in [4.78, 5) is 16.1. The van der Waals surface area contributed by atoms with Crippen molar-refractivity contribution in [1.82, 2.24) is 0 Å². The first-order valence-electron chi connectivity index (χ1n) is 7.07. The van der Waals surface area contributed by atoms with Crippen LogP contribution in [0.25, 0.3) is 0 Å². The molecule has 2 aromatic rings. The van der Waals surface area contributed by atoms with Gasteiger partial charge >= 0.3 is 5.97 Å². The van der Waals surface area contributed by atoms with Gasteiger partial charge in [0.1, 0.15) is 5.75 Å². The monoisotopic (exact) mass is 297 g/mol. The number of ether oxygens (including phenoxy) is 2. The number of esters is 1. The third kappa shape index (κ3) is 4.45. The van der Waals surface area contributed by atoms with Gasteiger partial charge < -0.3 is 9.47 Å². The molecule has 0 aliphatic heterocycles. The van der Waals surface area contributed by atoms with Gasteiger partial charge in [-0.05, 0) is 29.8 Å². The highest BCUT2D eigenvalue weighted by Crippen LogP contribution is 2.20. The van der Waals surface area contributed by atoms with E-state index < -0.39 is 0 Å². The van der Waals surface area contributed by atoms with Gasteiger partial charge in [-0.3, -0.25) is 9.79 Å². The largest absolute Gasteiger partial charge is 0.497 e. The number of nitrogens with zero attached hydrogens (tertiary/aromatic N) is 1. The lowest BCUT2D eigenvalue weighted by Gasteiger charge is -2.07. The summed E-state index contributed by atoms with van der Waals surface area (Å²) in [5, 5.41) is 0. The van der Waals surface area contributed by atoms with Crippen molar-refractivity contribution < 1.29 is 14.3 Å². The van der Waals surface area contributed by atoms with Gasteiger partial charge in [0.15, 0.2) is 0 Å². The fourth-order valence-electron chi connectivity index (χ4n) is 2.03. The van der Waals surface area contributed by atoms with Gasteiger partial charge in [-0.15, -0.1) is 0 Å². The predicted octanol–water partition coefficient (Wildman–Crippen LogP) is 3.77. The summed E-state index contributed by atoms with van der Waals surface area (Å²) < 4.78 is 9.85. The Bertz CT molecular complexity index is 633. The van der Waals surface area contributed by atoms with Crippen molar-refractivity contribution in [3.8, 4) is 5.75 Å². The summed E-state index contributed by atoms with van der Waals surface area (Å²) >= 11 is 0. The number of aliphatic imine (C=N–C) groups is 1. The maximum Gasteiger partial charge on any atom is 0.305 e. The fraction of sp³-hybridized carbons (Fsp3) is 0.222. The van der Waals surface area contributed by atoms with E-state index in [1.807, 2.05) is 54.6 Å². The van der Waals surface area contributed by atoms with Gasteiger partial charge in [-0.2, -0.15) is 0 Å². The zero-order chi connectivity index (χ0) is 15.8. The van der Waals surface area contributed by atoms with Crippen molar-refractivity contribution in [2.24, 2.45) is 4.99 Å². The minimum atomic E-state index is -0.238. The van der Waals surface area contributed by atoms with E-state index in [-0.39, 0.29) is 5.97 Å². The van der Waals surface area contributed by atoms with Crippen molar-refractivity contribution >= 4 is 17.4 Å². The summed E-state index contributed by atoms with van der Waals surface area (Å²) in [6, 6.07) is 17.3. The molecule has 2 aromatic carbocycles. The van der Waals surface area contributed by atoms with Crippen molar-refractivity contribution in [2.45, 2.75) is 12.8 Å². The van der Waals surface area contributed by atoms with Crippen LogP contribution in [-0.2, 0) is 9.53 Å². The van der Waals surface area contributed by atoms with Crippen LogP contribution in [0.2, 0.25) is 0 Å². The molecule has 0 aromatic heterocycles. The Morgan fingerprint density at radius 1 is 0.955 bits per heavy atom. The van der Waals surface area contributed by atoms with Crippen LogP contribution in [0.5, 0.6) is 5.75 Å². The second-order valence-electron chi connectivity index (χ2n) is 4.70. The molecule has 0 amide bonds. The van der Waals surface area contributed by atoms with E-state index in [0.29, 0.717) is 12.8 Å². The topological polar surface area (TPSA) is 47.9 Å². The smallest absolute Gasteiger partial charge is 0.305 e. The highest BCUT2D eigenvalue weighted by atomic mass is 16.5. The molecule has 2 rings (SSSR count). The van der Waals surface area contributed by atoms with E-state index in [4.69, 9.17) is 9.47 Å². The Labute approximate surface area is 130 Å². The second-order valence-corrected chi connectivity index (χ2v) is 4.70. The summed E-state index contributed by atoms with van der Waals surface area (Å²) in [5.74, 6) is 0.549. The first kappa shape index (κ1) is 15.8. The van der Waals surface area contributed by atoms with Crippen molar-refractivity contribution in [3.63, 3.8) is 0 Å². The molecule has 0 radical (unpaired) electrons. The maximum atomic E-state index is 11.4. The van der Waals surface area contributed by atoms with E-state index in [2.05, 4.69) is 4.99 Å². The molecule has 0 bridgehead atoms. The lowest BCUT2D eigenvalue weighted by atomic mass is 10.1. The van der Waals surface area contributed by atoms with Crippen LogP contribution < -0.4 is 4.74 Å². The lowest BCUT2D eigenvalue weighted by molar-refractivity contribution is -0.140. The van der Waals surface area contributed by atoms with E-state index in [0.717, 1.165) is 22.7 Å². The first-order valence-corrected chi connectivity index (χ1v) is 7.07. The summed E-state index contributed by atoms with van der Waals surface area (Å²) in [5.41, 5.74) is 2.68. The van der Waals surface area contributed by atoms with Gasteiger partial charge in [-0.1, -0.05) is 30.3 Å². The number of benzene rings is 2. The third-order valence-electron chi connectivity index (χ3n) is 3.24. The zero-order valence-corrected chi connectivity index (χ0v) is 12.8. The lowest BCUT2D eigenvalue weighted by Crippen LogP contribution is -2.07. The van der Waals surface area contributed by atoms with Crippen molar-refractivity contribution in [3.05, 3.63) is 60.2 Å². The average molecular weight is 297 g/mol.